The Kier molecular flexibility index (Phi) is 7.16. The van der Waals surface area contributed by atoms with Crippen molar-refractivity contribution in [3.8, 4) is 0 Å². The highest BCUT2D eigenvalue weighted by molar-refractivity contribution is 7.89. The third kappa shape index (κ3) is 5.03. The van der Waals surface area contributed by atoms with E-state index in [9.17, 15) is 13.2 Å². The fraction of sp³-hybridized carbons (Fsp3) is 0.611. The van der Waals surface area contributed by atoms with E-state index in [1.54, 1.807) is 12.1 Å². The number of nitrogens with one attached hydrogen (secondary N) is 1. The Morgan fingerprint density at radius 2 is 1.92 bits per heavy atom. The molecule has 2 rings (SSSR count). The lowest BCUT2D eigenvalue weighted by atomic mass is 10.0. The van der Waals surface area contributed by atoms with Crippen LogP contribution in [0, 0.1) is 5.92 Å². The Morgan fingerprint density at radius 3 is 2.50 bits per heavy atom. The number of likely N-dealkylation sites (N-methyl/N-ethyl adjacent to an activating group) is 1. The molecule has 0 aromatic heterocycles. The first-order valence-electron chi connectivity index (χ1n) is 8.86. The van der Waals surface area contributed by atoms with E-state index in [0.29, 0.717) is 44.3 Å². The lowest BCUT2D eigenvalue weighted by Crippen LogP contribution is -2.43. The molecule has 0 radical (unpaired) electrons. The van der Waals surface area contributed by atoms with Gasteiger partial charge in [0.15, 0.2) is 0 Å². The predicted molar refractivity (Wildman–Crippen MR) is 101 cm³/mol. The molecule has 1 N–H and O–H groups in total. The molecule has 7 nitrogen and oxygen atoms in total. The number of rotatable bonds is 7. The average Bonchev–Trinajstić information content (AvgIpc) is 2.62. The summed E-state index contributed by atoms with van der Waals surface area (Å²) in [5.74, 6) is 0.120. The minimum atomic E-state index is -3.61. The molecule has 1 aromatic carbocycles. The van der Waals surface area contributed by atoms with Crippen molar-refractivity contribution in [2.45, 2.75) is 24.8 Å². The molecule has 0 bridgehead atoms. The second-order valence-electron chi connectivity index (χ2n) is 7.03. The highest BCUT2D eigenvalue weighted by atomic mass is 32.2. The Balaban J connectivity index is 2.11. The van der Waals surface area contributed by atoms with Gasteiger partial charge in [0.1, 0.15) is 0 Å². The lowest BCUT2D eigenvalue weighted by Gasteiger charge is -2.28. The number of hydrogen-bond acceptors (Lipinski definition) is 5. The third-order valence-corrected chi connectivity index (χ3v) is 6.50. The normalized spacial score (nSPS) is 17.5. The molecule has 0 unspecified atom stereocenters. The zero-order valence-corrected chi connectivity index (χ0v) is 16.8. The summed E-state index contributed by atoms with van der Waals surface area (Å²) in [6.45, 7) is 6.15. The molecular formula is C18H29N3O4S. The summed E-state index contributed by atoms with van der Waals surface area (Å²) in [5.41, 5.74) is 0.348. The molecule has 1 atom stereocenters. The first kappa shape index (κ1) is 20.8. The van der Waals surface area contributed by atoms with Gasteiger partial charge in [0.05, 0.1) is 18.1 Å². The van der Waals surface area contributed by atoms with Crippen LogP contribution in [0.5, 0.6) is 0 Å². The SMILES string of the molecule is CC(C)[C@H](CNC(=O)c1cccc(S(=O)(=O)N2CCOCC2)c1)N(C)C. The number of sulfonamides is 1. The van der Waals surface area contributed by atoms with Crippen LogP contribution in [0.25, 0.3) is 0 Å². The monoisotopic (exact) mass is 383 g/mol. The van der Waals surface area contributed by atoms with Gasteiger partial charge in [-0.25, -0.2) is 8.42 Å². The van der Waals surface area contributed by atoms with Gasteiger partial charge >= 0.3 is 0 Å². The second kappa shape index (κ2) is 8.94. The van der Waals surface area contributed by atoms with Crippen molar-refractivity contribution in [2.24, 2.45) is 5.92 Å². The van der Waals surface area contributed by atoms with Crippen molar-refractivity contribution in [2.75, 3.05) is 46.9 Å². The number of carbonyl (C=O) groups excluding carboxylic acids is 1. The van der Waals surface area contributed by atoms with Crippen molar-refractivity contribution in [1.82, 2.24) is 14.5 Å². The number of hydrogen-bond donors (Lipinski definition) is 1. The molecule has 0 aliphatic carbocycles. The van der Waals surface area contributed by atoms with E-state index in [2.05, 4.69) is 24.1 Å². The smallest absolute Gasteiger partial charge is 0.251 e. The van der Waals surface area contributed by atoms with Crippen LogP contribution in [0.3, 0.4) is 0 Å². The van der Waals surface area contributed by atoms with E-state index in [-0.39, 0.29) is 16.8 Å². The first-order chi connectivity index (χ1) is 12.2. The molecule has 26 heavy (non-hydrogen) atoms. The van der Waals surface area contributed by atoms with Crippen LogP contribution in [0.2, 0.25) is 0 Å². The summed E-state index contributed by atoms with van der Waals surface area (Å²) in [6, 6.07) is 6.42. The van der Waals surface area contributed by atoms with E-state index in [1.165, 1.54) is 16.4 Å². The molecule has 1 saturated heterocycles. The Bertz CT molecular complexity index is 705. The Hall–Kier alpha value is -1.48. The van der Waals surface area contributed by atoms with E-state index in [1.807, 2.05) is 14.1 Å². The predicted octanol–water partition coefficient (Wildman–Crippen LogP) is 1.02. The maximum absolute atomic E-state index is 12.7. The highest BCUT2D eigenvalue weighted by Gasteiger charge is 2.27. The maximum Gasteiger partial charge on any atom is 0.251 e. The third-order valence-electron chi connectivity index (χ3n) is 4.61. The van der Waals surface area contributed by atoms with Crippen molar-refractivity contribution in [3.63, 3.8) is 0 Å². The van der Waals surface area contributed by atoms with Crippen LogP contribution in [-0.2, 0) is 14.8 Å². The standard InChI is InChI=1S/C18H29N3O4S/c1-14(2)17(20(3)4)13-19-18(22)15-6-5-7-16(12-15)26(23,24)21-8-10-25-11-9-21/h5-7,12,14,17H,8-11,13H2,1-4H3,(H,19,22)/t17-/m0/s1. The summed E-state index contributed by atoms with van der Waals surface area (Å²) >= 11 is 0. The molecule has 1 heterocycles. The molecule has 0 saturated carbocycles. The number of morpholine rings is 1. The summed E-state index contributed by atoms with van der Waals surface area (Å²) in [7, 11) is 0.346. The number of carbonyl (C=O) groups is 1. The van der Waals surface area contributed by atoms with Crippen molar-refractivity contribution in [1.29, 1.82) is 0 Å². The van der Waals surface area contributed by atoms with Crippen LogP contribution in [0.4, 0.5) is 0 Å². The summed E-state index contributed by atoms with van der Waals surface area (Å²) in [5, 5.41) is 2.91. The zero-order chi connectivity index (χ0) is 19.3. The molecule has 1 fully saturated rings. The minimum absolute atomic E-state index is 0.139. The van der Waals surface area contributed by atoms with Crippen molar-refractivity contribution >= 4 is 15.9 Å². The fourth-order valence-corrected chi connectivity index (χ4v) is 4.50. The van der Waals surface area contributed by atoms with Gasteiger partial charge in [-0.05, 0) is 38.2 Å². The van der Waals surface area contributed by atoms with Crippen molar-refractivity contribution in [3.05, 3.63) is 29.8 Å². The van der Waals surface area contributed by atoms with Gasteiger partial charge in [0.25, 0.3) is 5.91 Å². The maximum atomic E-state index is 12.7. The number of benzene rings is 1. The topological polar surface area (TPSA) is 79.0 Å². The number of ether oxygens (including phenoxy) is 1. The van der Waals surface area contributed by atoms with Crippen LogP contribution in [0.1, 0.15) is 24.2 Å². The summed E-state index contributed by atoms with van der Waals surface area (Å²) in [6.07, 6.45) is 0. The molecule has 1 amide bonds. The molecular weight excluding hydrogens is 354 g/mol. The zero-order valence-electron chi connectivity index (χ0n) is 15.9. The van der Waals surface area contributed by atoms with E-state index in [0.717, 1.165) is 0 Å². The van der Waals surface area contributed by atoms with Gasteiger partial charge < -0.3 is 15.0 Å². The molecule has 8 heteroatoms. The van der Waals surface area contributed by atoms with Gasteiger partial charge in [0.2, 0.25) is 10.0 Å². The van der Waals surface area contributed by atoms with Crippen LogP contribution < -0.4 is 5.32 Å². The second-order valence-corrected chi connectivity index (χ2v) is 8.97. The van der Waals surface area contributed by atoms with Crippen LogP contribution in [0.15, 0.2) is 29.2 Å². The fourth-order valence-electron chi connectivity index (χ4n) is 3.05. The minimum Gasteiger partial charge on any atom is -0.379 e. The van der Waals surface area contributed by atoms with E-state index in [4.69, 9.17) is 4.74 Å². The van der Waals surface area contributed by atoms with Gasteiger partial charge in [-0.1, -0.05) is 19.9 Å². The van der Waals surface area contributed by atoms with Gasteiger partial charge in [-0.2, -0.15) is 4.31 Å². The highest BCUT2D eigenvalue weighted by Crippen LogP contribution is 2.18. The van der Waals surface area contributed by atoms with E-state index < -0.39 is 10.0 Å². The molecule has 1 aliphatic heterocycles. The largest absolute Gasteiger partial charge is 0.379 e. The van der Waals surface area contributed by atoms with Gasteiger partial charge in [-0.15, -0.1) is 0 Å². The van der Waals surface area contributed by atoms with Crippen LogP contribution >= 0.6 is 0 Å². The van der Waals surface area contributed by atoms with E-state index >= 15 is 0 Å². The average molecular weight is 384 g/mol. The quantitative estimate of drug-likeness (QED) is 0.761. The summed E-state index contributed by atoms with van der Waals surface area (Å²) < 4.78 is 32.1. The molecule has 0 spiro atoms. The number of amides is 1. The molecule has 1 aromatic rings. The lowest BCUT2D eigenvalue weighted by molar-refractivity contribution is 0.0730. The molecule has 1 aliphatic rings. The first-order valence-corrected chi connectivity index (χ1v) is 10.3. The van der Waals surface area contributed by atoms with Gasteiger partial charge in [-0.3, -0.25) is 4.79 Å². The Morgan fingerprint density at radius 1 is 1.27 bits per heavy atom. The van der Waals surface area contributed by atoms with Crippen molar-refractivity contribution < 1.29 is 17.9 Å². The Labute approximate surface area is 156 Å². The number of nitrogens with zero attached hydrogens (tertiary/aromatic N) is 2. The summed E-state index contributed by atoms with van der Waals surface area (Å²) in [4.78, 5) is 14.7. The van der Waals surface area contributed by atoms with Crippen LogP contribution in [-0.4, -0.2) is 76.5 Å². The molecule has 146 valence electrons. The van der Waals surface area contributed by atoms with Gasteiger partial charge in [0, 0.05) is 31.2 Å².